The standard InChI is InChI=1S/C12H22O7S.K.H/c1-8(2)6-18-11(13)5-10(20(15,16)17)12(14)19-7-9(3)4;;/h8-10H,5-7H2,1-4H3,(H,15,16,17);;. The molecule has 0 saturated carbocycles. The second-order valence-corrected chi connectivity index (χ2v) is 6.91. The predicted octanol–water partition coefficient (Wildman–Crippen LogP) is 0.383. The molecule has 1 N–H and O–H groups in total. The second kappa shape index (κ2) is 11.1. The molecule has 0 aliphatic heterocycles. The molecule has 0 aromatic heterocycles. The van der Waals surface area contributed by atoms with E-state index in [-0.39, 0.29) is 76.4 Å². The quantitative estimate of drug-likeness (QED) is 0.383. The van der Waals surface area contributed by atoms with Gasteiger partial charge in [-0.3, -0.25) is 14.1 Å². The van der Waals surface area contributed by atoms with Gasteiger partial charge < -0.3 is 9.47 Å². The molecule has 0 fully saturated rings. The van der Waals surface area contributed by atoms with Crippen LogP contribution in [-0.4, -0.2) is 94.8 Å². The van der Waals surface area contributed by atoms with Crippen LogP contribution in [-0.2, 0) is 29.2 Å². The third-order valence-corrected chi connectivity index (χ3v) is 3.19. The Morgan fingerprint density at radius 3 is 1.81 bits per heavy atom. The van der Waals surface area contributed by atoms with Gasteiger partial charge in [-0.2, -0.15) is 8.42 Å². The number of carbonyl (C=O) groups excluding carboxylic acids is 2. The molecule has 0 radical (unpaired) electrons. The van der Waals surface area contributed by atoms with Crippen LogP contribution in [0.5, 0.6) is 0 Å². The van der Waals surface area contributed by atoms with Gasteiger partial charge in [0.25, 0.3) is 10.1 Å². The number of ether oxygens (including phenoxy) is 2. The summed E-state index contributed by atoms with van der Waals surface area (Å²) in [6.45, 7) is 7.28. The van der Waals surface area contributed by atoms with Gasteiger partial charge in [-0.1, -0.05) is 27.7 Å². The van der Waals surface area contributed by atoms with Crippen LogP contribution >= 0.6 is 0 Å². The molecular formula is C12H23KO7S. The minimum absolute atomic E-state index is 0. The number of hydrogen-bond donors (Lipinski definition) is 1. The van der Waals surface area contributed by atoms with Crippen LogP contribution < -0.4 is 0 Å². The van der Waals surface area contributed by atoms with Crippen molar-refractivity contribution in [2.24, 2.45) is 11.8 Å². The Balaban J connectivity index is 0. The van der Waals surface area contributed by atoms with Gasteiger partial charge in [-0.05, 0) is 11.8 Å². The SMILES string of the molecule is CC(C)COC(=O)CC(C(=O)OCC(C)C)S(=O)(=O)O.[KH]. The van der Waals surface area contributed by atoms with Crippen molar-refractivity contribution in [3.05, 3.63) is 0 Å². The molecule has 0 aromatic rings. The van der Waals surface area contributed by atoms with E-state index in [2.05, 4.69) is 0 Å². The topological polar surface area (TPSA) is 107 Å². The summed E-state index contributed by atoms with van der Waals surface area (Å²) < 4.78 is 40.8. The molecule has 0 aliphatic carbocycles. The van der Waals surface area contributed by atoms with Crippen molar-refractivity contribution in [2.75, 3.05) is 13.2 Å². The van der Waals surface area contributed by atoms with Crippen molar-refractivity contribution in [3.63, 3.8) is 0 Å². The first-order chi connectivity index (χ1) is 9.04. The summed E-state index contributed by atoms with van der Waals surface area (Å²) in [7, 11) is -4.72. The Morgan fingerprint density at radius 1 is 1.00 bits per heavy atom. The minimum atomic E-state index is -4.72. The molecule has 21 heavy (non-hydrogen) atoms. The van der Waals surface area contributed by atoms with Gasteiger partial charge in [0.05, 0.1) is 19.6 Å². The van der Waals surface area contributed by atoms with E-state index >= 15 is 0 Å². The fraction of sp³-hybridized carbons (Fsp3) is 0.833. The Morgan fingerprint density at radius 2 is 1.43 bits per heavy atom. The Hall–Kier alpha value is 0.486. The Kier molecular flexibility index (Phi) is 12.5. The van der Waals surface area contributed by atoms with E-state index in [1.807, 2.05) is 13.8 Å². The number of carbonyl (C=O) groups is 2. The molecule has 0 aliphatic rings. The van der Waals surface area contributed by atoms with Crippen LogP contribution in [0.4, 0.5) is 0 Å². The first-order valence-electron chi connectivity index (χ1n) is 6.32. The molecule has 0 heterocycles. The maximum atomic E-state index is 11.6. The van der Waals surface area contributed by atoms with Crippen molar-refractivity contribution >= 4 is 73.4 Å². The monoisotopic (exact) mass is 350 g/mol. The van der Waals surface area contributed by atoms with Gasteiger partial charge in [0.1, 0.15) is 0 Å². The summed E-state index contributed by atoms with van der Waals surface area (Å²) >= 11 is 0. The summed E-state index contributed by atoms with van der Waals surface area (Å²) in [4.78, 5) is 23.0. The fourth-order valence-electron chi connectivity index (χ4n) is 1.12. The van der Waals surface area contributed by atoms with Crippen LogP contribution in [0.1, 0.15) is 34.1 Å². The van der Waals surface area contributed by atoms with Crippen LogP contribution in [0.15, 0.2) is 0 Å². The maximum absolute atomic E-state index is 11.6. The molecule has 0 rings (SSSR count). The van der Waals surface area contributed by atoms with Crippen molar-refractivity contribution in [1.82, 2.24) is 0 Å². The van der Waals surface area contributed by atoms with Crippen LogP contribution in [0.3, 0.4) is 0 Å². The van der Waals surface area contributed by atoms with Gasteiger partial charge in [0.15, 0.2) is 5.25 Å². The first kappa shape index (κ1) is 23.7. The van der Waals surface area contributed by atoms with E-state index in [1.54, 1.807) is 13.8 Å². The average molecular weight is 350 g/mol. The molecule has 9 heteroatoms. The summed E-state index contributed by atoms with van der Waals surface area (Å²) in [5, 5.41) is -1.94. The van der Waals surface area contributed by atoms with Crippen LogP contribution in [0.2, 0.25) is 0 Å². The fourth-order valence-corrected chi connectivity index (χ4v) is 1.78. The van der Waals surface area contributed by atoms with E-state index in [9.17, 15) is 18.0 Å². The van der Waals surface area contributed by atoms with Crippen LogP contribution in [0, 0.1) is 11.8 Å². The van der Waals surface area contributed by atoms with E-state index in [0.29, 0.717) is 0 Å². The zero-order valence-electron chi connectivity index (χ0n) is 12.2. The van der Waals surface area contributed by atoms with E-state index < -0.39 is 33.7 Å². The van der Waals surface area contributed by atoms with Crippen LogP contribution in [0.25, 0.3) is 0 Å². The molecule has 1 atom stereocenters. The Labute approximate surface area is 168 Å². The number of rotatable bonds is 8. The molecule has 0 saturated heterocycles. The zero-order valence-corrected chi connectivity index (χ0v) is 13.0. The molecule has 0 bridgehead atoms. The molecule has 0 aromatic carbocycles. The van der Waals surface area contributed by atoms with Crippen molar-refractivity contribution in [2.45, 2.75) is 39.4 Å². The van der Waals surface area contributed by atoms with Gasteiger partial charge in [-0.25, -0.2) is 0 Å². The van der Waals surface area contributed by atoms with Gasteiger partial charge in [0, 0.05) is 0 Å². The van der Waals surface area contributed by atoms with E-state index in [0.717, 1.165) is 0 Å². The summed E-state index contributed by atoms with van der Waals surface area (Å²) in [5.74, 6) is -1.93. The third kappa shape index (κ3) is 11.7. The van der Waals surface area contributed by atoms with Crippen molar-refractivity contribution in [3.8, 4) is 0 Å². The predicted molar refractivity (Wildman–Crippen MR) is 78.7 cm³/mol. The van der Waals surface area contributed by atoms with Gasteiger partial charge in [0.2, 0.25) is 0 Å². The van der Waals surface area contributed by atoms with Gasteiger partial charge >= 0.3 is 63.3 Å². The van der Waals surface area contributed by atoms with Gasteiger partial charge in [-0.15, -0.1) is 0 Å². The molecule has 0 spiro atoms. The summed E-state index contributed by atoms with van der Waals surface area (Å²) in [6.07, 6.45) is -0.761. The molecule has 1 unspecified atom stereocenters. The number of hydrogen-bond acceptors (Lipinski definition) is 6. The summed E-state index contributed by atoms with van der Waals surface area (Å²) in [6, 6.07) is 0. The molecular weight excluding hydrogens is 327 g/mol. The van der Waals surface area contributed by atoms with Crippen molar-refractivity contribution < 1.29 is 32.0 Å². The molecule has 7 nitrogen and oxygen atoms in total. The third-order valence-electron chi connectivity index (χ3n) is 2.11. The zero-order chi connectivity index (χ0) is 15.9. The normalized spacial score (nSPS) is 12.7. The molecule has 120 valence electrons. The van der Waals surface area contributed by atoms with Crippen molar-refractivity contribution in [1.29, 1.82) is 0 Å². The average Bonchev–Trinajstić information content (AvgIpc) is 2.28. The second-order valence-electron chi connectivity index (χ2n) is 5.31. The first-order valence-corrected chi connectivity index (χ1v) is 7.83. The van der Waals surface area contributed by atoms with E-state index in [1.165, 1.54) is 0 Å². The van der Waals surface area contributed by atoms with E-state index in [4.69, 9.17) is 14.0 Å². The summed E-state index contributed by atoms with van der Waals surface area (Å²) in [5.41, 5.74) is 0. The molecule has 0 amide bonds. The Bertz CT molecular complexity index is 431. The number of esters is 2.